The largest absolute Gasteiger partial charge is 0.489 e. The molecule has 0 spiro atoms. The molecule has 0 bridgehead atoms. The van der Waals surface area contributed by atoms with Crippen LogP contribution >= 0.6 is 35.0 Å². The number of carbonyl (C=O) groups excluding carboxylic acids is 1. The fourth-order valence-electron chi connectivity index (χ4n) is 3.43. The van der Waals surface area contributed by atoms with Gasteiger partial charge in [0.05, 0.1) is 5.57 Å². The molecule has 0 atom stereocenters. The Balaban J connectivity index is 1.31. The predicted octanol–water partition coefficient (Wildman–Crippen LogP) is 6.55. The molecule has 0 aromatic heterocycles. The van der Waals surface area contributed by atoms with Crippen molar-refractivity contribution in [3.63, 3.8) is 0 Å². The smallest absolute Gasteiger partial charge is 0.283 e. The summed E-state index contributed by atoms with van der Waals surface area (Å²) in [5, 5.41) is 16.7. The van der Waals surface area contributed by atoms with Crippen molar-refractivity contribution < 1.29 is 9.53 Å². The number of fused-ring (bicyclic) bond motifs is 1. The molecule has 2 aliphatic rings. The number of aryl methyl sites for hydroxylation is 1. The molecule has 0 fully saturated rings. The zero-order valence-electron chi connectivity index (χ0n) is 18.5. The molecule has 174 valence electrons. The lowest BCUT2D eigenvalue weighted by Crippen LogP contribution is -2.35. The van der Waals surface area contributed by atoms with Gasteiger partial charge in [-0.05, 0) is 54.6 Å². The number of nitrogens with one attached hydrogen (secondary N) is 1. The Labute approximate surface area is 216 Å². The number of ether oxygens (including phenoxy) is 1. The zero-order valence-corrected chi connectivity index (χ0v) is 20.8. The second-order valence-electron chi connectivity index (χ2n) is 7.88. The number of hydrogen-bond donors (Lipinski definition) is 1. The molecule has 5 rings (SSSR count). The van der Waals surface area contributed by atoms with Gasteiger partial charge in [-0.25, -0.2) is 0 Å². The van der Waals surface area contributed by atoms with E-state index in [-0.39, 0.29) is 11.4 Å². The summed E-state index contributed by atoms with van der Waals surface area (Å²) in [5.74, 6) is 0.172. The van der Waals surface area contributed by atoms with E-state index in [1.54, 1.807) is 30.3 Å². The highest BCUT2D eigenvalue weighted by atomic mass is 35.5. The predicted molar refractivity (Wildman–Crippen MR) is 143 cm³/mol. The molecule has 3 aromatic rings. The molecule has 0 saturated carbocycles. The average Bonchev–Trinajstić information content (AvgIpc) is 3.26. The highest BCUT2D eigenvalue weighted by Crippen LogP contribution is 2.31. The Bertz CT molecular complexity index is 1430. The first-order valence-electron chi connectivity index (χ1n) is 10.6. The Morgan fingerprint density at radius 2 is 1.80 bits per heavy atom. The van der Waals surface area contributed by atoms with Crippen LogP contribution < -0.4 is 4.74 Å². The summed E-state index contributed by atoms with van der Waals surface area (Å²) >= 11 is 13.4. The maximum absolute atomic E-state index is 12.7. The summed E-state index contributed by atoms with van der Waals surface area (Å²) in [5.41, 5.74) is 3.80. The lowest BCUT2D eigenvalue weighted by Gasteiger charge is -2.20. The lowest BCUT2D eigenvalue weighted by atomic mass is 10.1. The number of amidine groups is 2. The van der Waals surface area contributed by atoms with E-state index in [2.05, 4.69) is 10.1 Å². The Morgan fingerprint density at radius 1 is 1.06 bits per heavy atom. The van der Waals surface area contributed by atoms with Crippen LogP contribution in [-0.4, -0.2) is 27.0 Å². The van der Waals surface area contributed by atoms with Crippen LogP contribution in [0.15, 0.2) is 82.4 Å². The maximum Gasteiger partial charge on any atom is 0.283 e. The Hall–Kier alpha value is -3.39. The lowest BCUT2D eigenvalue weighted by molar-refractivity contribution is -0.114. The Kier molecular flexibility index (Phi) is 6.47. The van der Waals surface area contributed by atoms with Crippen LogP contribution in [0.2, 0.25) is 10.0 Å². The number of hydrogen-bond acceptors (Lipinski definition) is 5. The van der Waals surface area contributed by atoms with Crippen LogP contribution in [0.3, 0.4) is 0 Å². The number of benzene rings is 3. The molecule has 0 radical (unpaired) electrons. The fraction of sp³-hybridized carbons (Fsp3) is 0.0769. The molecule has 2 heterocycles. The molecule has 3 aromatic carbocycles. The molecule has 2 aliphatic heterocycles. The van der Waals surface area contributed by atoms with Crippen LogP contribution in [-0.2, 0) is 11.4 Å². The fourth-order valence-corrected chi connectivity index (χ4v) is 4.79. The second kappa shape index (κ2) is 9.70. The summed E-state index contributed by atoms with van der Waals surface area (Å²) in [6, 6.07) is 20.4. The molecule has 1 N–H and O–H groups in total. The van der Waals surface area contributed by atoms with Gasteiger partial charge in [-0.15, -0.1) is 0 Å². The van der Waals surface area contributed by atoms with Crippen LogP contribution in [0, 0.1) is 12.3 Å². The summed E-state index contributed by atoms with van der Waals surface area (Å²) in [6.07, 6.45) is 1.63. The number of carbonyl (C=O) groups is 1. The van der Waals surface area contributed by atoms with Gasteiger partial charge in [0.1, 0.15) is 17.4 Å². The molecule has 6 nitrogen and oxygen atoms in total. The minimum absolute atomic E-state index is 0.00711. The van der Waals surface area contributed by atoms with Crippen LogP contribution in [0.25, 0.3) is 6.08 Å². The first-order chi connectivity index (χ1) is 16.9. The molecule has 0 aliphatic carbocycles. The van der Waals surface area contributed by atoms with Gasteiger partial charge in [0.2, 0.25) is 5.17 Å². The van der Waals surface area contributed by atoms with E-state index in [1.165, 1.54) is 16.8 Å². The van der Waals surface area contributed by atoms with Crippen molar-refractivity contribution in [2.45, 2.75) is 13.5 Å². The quantitative estimate of drug-likeness (QED) is 0.387. The number of aliphatic imine (C=N–C) groups is 1. The topological polar surface area (TPSA) is 78.1 Å². The second-order valence-corrected chi connectivity index (χ2v) is 9.68. The van der Waals surface area contributed by atoms with Crippen molar-refractivity contribution in [2.24, 2.45) is 10.1 Å². The summed E-state index contributed by atoms with van der Waals surface area (Å²) < 4.78 is 5.81. The molecular weight excluding hydrogens is 503 g/mol. The third-order valence-corrected chi connectivity index (χ3v) is 6.90. The van der Waals surface area contributed by atoms with Crippen molar-refractivity contribution >= 4 is 63.0 Å². The maximum atomic E-state index is 12.7. The number of nitrogens with zero attached hydrogens (tertiary/aromatic N) is 3. The number of thioether (sulfide) groups is 1. The number of hydrazone groups is 1. The van der Waals surface area contributed by atoms with Crippen LogP contribution in [0.1, 0.15) is 22.3 Å². The van der Waals surface area contributed by atoms with Gasteiger partial charge in [0, 0.05) is 21.2 Å². The minimum Gasteiger partial charge on any atom is -0.489 e. The summed E-state index contributed by atoms with van der Waals surface area (Å²) in [7, 11) is 0. The zero-order chi connectivity index (χ0) is 24.5. The average molecular weight is 521 g/mol. The SMILES string of the molecule is Cc1ccc(C2=NN3C(=N)C(=Cc4ccc(OCc5ccc(Cl)cc5Cl)cc4)C(=O)N=C3S2)cc1. The third kappa shape index (κ3) is 5.03. The molecule has 9 heteroatoms. The highest BCUT2D eigenvalue weighted by Gasteiger charge is 2.36. The van der Waals surface area contributed by atoms with Gasteiger partial charge in [0.25, 0.3) is 5.91 Å². The van der Waals surface area contributed by atoms with Crippen molar-refractivity contribution in [1.29, 1.82) is 5.41 Å². The number of rotatable bonds is 5. The van der Waals surface area contributed by atoms with Gasteiger partial charge in [0.15, 0.2) is 5.84 Å². The summed E-state index contributed by atoms with van der Waals surface area (Å²) in [4.78, 5) is 16.8. The molecule has 35 heavy (non-hydrogen) atoms. The van der Waals surface area contributed by atoms with E-state index >= 15 is 0 Å². The van der Waals surface area contributed by atoms with Gasteiger partial charge in [-0.2, -0.15) is 15.1 Å². The van der Waals surface area contributed by atoms with E-state index in [1.807, 2.05) is 49.4 Å². The van der Waals surface area contributed by atoms with E-state index in [0.29, 0.717) is 32.6 Å². The van der Waals surface area contributed by atoms with Gasteiger partial charge >= 0.3 is 0 Å². The van der Waals surface area contributed by atoms with Gasteiger partial charge in [-0.1, -0.05) is 71.2 Å². The standard InChI is InChI=1S/C26H18Cl2N4O2S/c1-15-2-6-17(7-3-15)25-31-32-23(29)21(24(33)30-26(32)35-25)12-16-4-10-20(11-5-16)34-14-18-8-9-19(27)13-22(18)28/h2-13,29H,14H2,1H3. The Morgan fingerprint density at radius 3 is 2.51 bits per heavy atom. The van der Waals surface area contributed by atoms with Crippen molar-refractivity contribution in [1.82, 2.24) is 5.01 Å². The first-order valence-corrected chi connectivity index (χ1v) is 12.2. The molecule has 1 amide bonds. The van der Waals surface area contributed by atoms with Crippen molar-refractivity contribution in [2.75, 3.05) is 0 Å². The first kappa shape index (κ1) is 23.4. The summed E-state index contributed by atoms with van der Waals surface area (Å²) in [6.45, 7) is 2.31. The van der Waals surface area contributed by atoms with Gasteiger partial charge < -0.3 is 4.74 Å². The van der Waals surface area contributed by atoms with Gasteiger partial charge in [-0.3, -0.25) is 10.2 Å². The monoisotopic (exact) mass is 520 g/mol. The van der Waals surface area contributed by atoms with E-state index < -0.39 is 5.91 Å². The molecule has 0 unspecified atom stereocenters. The van der Waals surface area contributed by atoms with Crippen molar-refractivity contribution in [3.05, 3.63) is 105 Å². The van der Waals surface area contributed by atoms with Crippen LogP contribution in [0.4, 0.5) is 0 Å². The molecule has 0 saturated heterocycles. The normalized spacial score (nSPS) is 16.3. The minimum atomic E-state index is -0.466. The van der Waals surface area contributed by atoms with E-state index in [4.69, 9.17) is 33.3 Å². The van der Waals surface area contributed by atoms with E-state index in [9.17, 15) is 4.79 Å². The van der Waals surface area contributed by atoms with E-state index in [0.717, 1.165) is 22.3 Å². The number of halogens is 2. The van der Waals surface area contributed by atoms with Crippen molar-refractivity contribution in [3.8, 4) is 5.75 Å². The molecular formula is C26H18Cl2N4O2S. The highest BCUT2D eigenvalue weighted by molar-refractivity contribution is 8.27. The third-order valence-electron chi connectivity index (χ3n) is 5.35. The number of amides is 1. The van der Waals surface area contributed by atoms with Crippen LogP contribution in [0.5, 0.6) is 5.75 Å².